The Hall–Kier alpha value is -1.62. The van der Waals surface area contributed by atoms with Gasteiger partial charge in [-0.1, -0.05) is 25.3 Å². The second-order valence-corrected chi connectivity index (χ2v) is 1.68. The van der Waals surface area contributed by atoms with Crippen LogP contribution in [0, 0.1) is 11.3 Å². The Morgan fingerprint density at radius 3 is 2.18 bits per heavy atom. The molecule has 0 N–H and O–H groups in total. The second kappa shape index (κ2) is 5.19. The second-order valence-electron chi connectivity index (χ2n) is 1.68. The molecule has 0 aromatic rings. The molecule has 1 nitrogen and oxygen atoms in total. The van der Waals surface area contributed by atoms with E-state index in [1.54, 1.807) is 6.07 Å². The van der Waals surface area contributed by atoms with E-state index in [1.165, 1.54) is 18.2 Å². The normalized spacial score (nSPS) is 12.0. The van der Waals surface area contributed by atoms with E-state index in [0.717, 1.165) is 6.08 Å². The van der Waals surface area contributed by atoms with Crippen molar-refractivity contribution in [3.05, 3.63) is 48.9 Å². The minimum Gasteiger partial charge on any atom is -0.206 e. The van der Waals surface area contributed by atoms with Crippen molar-refractivity contribution < 1.29 is 4.39 Å². The molecule has 0 fully saturated rings. The first-order valence-corrected chi connectivity index (χ1v) is 2.97. The van der Waals surface area contributed by atoms with Crippen molar-refractivity contribution in [2.24, 2.45) is 0 Å². The highest BCUT2D eigenvalue weighted by Gasteiger charge is 1.98. The molecule has 0 aromatic heterocycles. The third kappa shape index (κ3) is 3.17. The third-order valence-electron chi connectivity index (χ3n) is 0.926. The fraction of sp³-hybridized carbons (Fsp3) is 0. The average molecular weight is 149 g/mol. The van der Waals surface area contributed by atoms with E-state index in [4.69, 9.17) is 5.26 Å². The molecule has 0 unspecified atom stereocenters. The first-order valence-electron chi connectivity index (χ1n) is 2.97. The highest BCUT2D eigenvalue weighted by atomic mass is 19.1. The van der Waals surface area contributed by atoms with Crippen molar-refractivity contribution in [1.82, 2.24) is 0 Å². The Kier molecular flexibility index (Phi) is 4.42. The SMILES string of the molecule is C=C/C=C(C#N)\C(F)=C/C=C. The maximum absolute atomic E-state index is 12.7. The predicted molar refractivity (Wildman–Crippen MR) is 43.3 cm³/mol. The van der Waals surface area contributed by atoms with Gasteiger partial charge >= 0.3 is 0 Å². The smallest absolute Gasteiger partial charge is 0.140 e. The van der Waals surface area contributed by atoms with E-state index in [0.29, 0.717) is 0 Å². The maximum Gasteiger partial charge on any atom is 0.140 e. The first kappa shape index (κ1) is 9.38. The van der Waals surface area contributed by atoms with Gasteiger partial charge in [0.25, 0.3) is 0 Å². The molecule has 0 aliphatic heterocycles. The van der Waals surface area contributed by atoms with Crippen LogP contribution in [0.5, 0.6) is 0 Å². The van der Waals surface area contributed by atoms with Gasteiger partial charge in [0.15, 0.2) is 0 Å². The van der Waals surface area contributed by atoms with Gasteiger partial charge in [-0.25, -0.2) is 4.39 Å². The minimum atomic E-state index is -0.595. The Morgan fingerprint density at radius 1 is 1.27 bits per heavy atom. The standard InChI is InChI=1S/C9H8FN/c1-3-5-8(7-11)9(10)6-4-2/h3-6H,1-2H2/b8-5-,9-6+. The van der Waals surface area contributed by atoms with Gasteiger partial charge in [-0.05, 0) is 12.2 Å². The molecule has 0 saturated carbocycles. The molecule has 0 aromatic carbocycles. The van der Waals surface area contributed by atoms with E-state index >= 15 is 0 Å². The lowest BCUT2D eigenvalue weighted by molar-refractivity contribution is 0.658. The van der Waals surface area contributed by atoms with Crippen molar-refractivity contribution in [3.8, 4) is 6.07 Å². The Morgan fingerprint density at radius 2 is 1.82 bits per heavy atom. The summed E-state index contributed by atoms with van der Waals surface area (Å²) in [6, 6.07) is 1.69. The predicted octanol–water partition coefficient (Wildman–Crippen LogP) is 2.66. The zero-order valence-corrected chi connectivity index (χ0v) is 6.05. The molecule has 0 rings (SSSR count). The quantitative estimate of drug-likeness (QED) is 0.447. The summed E-state index contributed by atoms with van der Waals surface area (Å²) >= 11 is 0. The summed E-state index contributed by atoms with van der Waals surface area (Å²) in [6.45, 7) is 6.64. The minimum absolute atomic E-state index is 0.0418. The molecule has 11 heavy (non-hydrogen) atoms. The Labute approximate surface area is 65.5 Å². The summed E-state index contributed by atoms with van der Waals surface area (Å²) in [5.41, 5.74) is -0.0418. The van der Waals surface area contributed by atoms with Gasteiger partial charge in [0.05, 0.1) is 5.57 Å². The largest absolute Gasteiger partial charge is 0.206 e. The average Bonchev–Trinajstić information content (AvgIpc) is 2.00. The summed E-state index contributed by atoms with van der Waals surface area (Å²) < 4.78 is 12.7. The van der Waals surface area contributed by atoms with Crippen LogP contribution in [0.3, 0.4) is 0 Å². The van der Waals surface area contributed by atoms with Crippen molar-refractivity contribution in [2.75, 3.05) is 0 Å². The number of rotatable bonds is 3. The van der Waals surface area contributed by atoms with Gasteiger partial charge in [-0.2, -0.15) is 5.26 Å². The molecule has 0 heterocycles. The summed E-state index contributed by atoms with van der Waals surface area (Å²) in [6.07, 6.45) is 5.06. The summed E-state index contributed by atoms with van der Waals surface area (Å²) in [7, 11) is 0. The van der Waals surface area contributed by atoms with Gasteiger partial charge < -0.3 is 0 Å². The number of nitriles is 1. The van der Waals surface area contributed by atoms with Crippen LogP contribution in [0.1, 0.15) is 0 Å². The summed E-state index contributed by atoms with van der Waals surface area (Å²) in [4.78, 5) is 0. The topological polar surface area (TPSA) is 23.8 Å². The molecule has 0 spiro atoms. The number of allylic oxidation sites excluding steroid dienone is 6. The zero-order chi connectivity index (χ0) is 8.69. The molecule has 0 saturated heterocycles. The highest BCUT2D eigenvalue weighted by molar-refractivity contribution is 5.41. The lowest BCUT2D eigenvalue weighted by Crippen LogP contribution is -1.77. The van der Waals surface area contributed by atoms with Gasteiger partial charge in [-0.15, -0.1) is 0 Å². The summed E-state index contributed by atoms with van der Waals surface area (Å²) in [5.74, 6) is -0.595. The Bertz CT molecular complexity index is 253. The van der Waals surface area contributed by atoms with Gasteiger partial charge in [0.2, 0.25) is 0 Å². The number of hydrogen-bond acceptors (Lipinski definition) is 1. The van der Waals surface area contributed by atoms with E-state index in [9.17, 15) is 4.39 Å². The molecular weight excluding hydrogens is 141 g/mol. The number of halogens is 1. The van der Waals surface area contributed by atoms with E-state index in [-0.39, 0.29) is 5.57 Å². The molecule has 0 amide bonds. The molecule has 2 heteroatoms. The molecule has 56 valence electrons. The molecule has 0 radical (unpaired) electrons. The lowest BCUT2D eigenvalue weighted by Gasteiger charge is -1.88. The maximum atomic E-state index is 12.7. The van der Waals surface area contributed by atoms with Crippen molar-refractivity contribution >= 4 is 0 Å². The molecule has 0 aliphatic carbocycles. The monoisotopic (exact) mass is 149 g/mol. The van der Waals surface area contributed by atoms with E-state index in [1.807, 2.05) is 0 Å². The van der Waals surface area contributed by atoms with Crippen LogP contribution in [0.4, 0.5) is 4.39 Å². The third-order valence-corrected chi connectivity index (χ3v) is 0.926. The van der Waals surface area contributed by atoms with Crippen LogP contribution in [0.2, 0.25) is 0 Å². The van der Waals surface area contributed by atoms with Crippen molar-refractivity contribution in [1.29, 1.82) is 5.26 Å². The van der Waals surface area contributed by atoms with Crippen LogP contribution >= 0.6 is 0 Å². The van der Waals surface area contributed by atoms with Crippen LogP contribution in [-0.2, 0) is 0 Å². The fourth-order valence-corrected chi connectivity index (χ4v) is 0.481. The number of nitrogens with zero attached hydrogens (tertiary/aromatic N) is 1. The Balaban J connectivity index is 4.68. The van der Waals surface area contributed by atoms with Crippen LogP contribution in [0.25, 0.3) is 0 Å². The highest BCUT2D eigenvalue weighted by Crippen LogP contribution is 2.09. The number of hydrogen-bond donors (Lipinski definition) is 0. The van der Waals surface area contributed by atoms with Gasteiger partial charge in [0.1, 0.15) is 11.9 Å². The van der Waals surface area contributed by atoms with Crippen LogP contribution in [-0.4, -0.2) is 0 Å². The zero-order valence-electron chi connectivity index (χ0n) is 6.05. The fourth-order valence-electron chi connectivity index (χ4n) is 0.481. The molecule has 0 aliphatic rings. The van der Waals surface area contributed by atoms with Crippen LogP contribution < -0.4 is 0 Å². The molecule has 0 bridgehead atoms. The van der Waals surface area contributed by atoms with Crippen molar-refractivity contribution in [3.63, 3.8) is 0 Å². The molecule has 0 atom stereocenters. The van der Waals surface area contributed by atoms with E-state index < -0.39 is 5.83 Å². The van der Waals surface area contributed by atoms with Gasteiger partial charge in [-0.3, -0.25) is 0 Å². The van der Waals surface area contributed by atoms with Gasteiger partial charge in [0, 0.05) is 0 Å². The molecular formula is C9H8FN. The van der Waals surface area contributed by atoms with Crippen molar-refractivity contribution in [2.45, 2.75) is 0 Å². The first-order chi connectivity index (χ1) is 5.26. The van der Waals surface area contributed by atoms with Crippen LogP contribution in [0.15, 0.2) is 48.9 Å². The lowest BCUT2D eigenvalue weighted by atomic mass is 10.2. The van der Waals surface area contributed by atoms with E-state index in [2.05, 4.69) is 13.2 Å². The summed E-state index contributed by atoms with van der Waals surface area (Å²) in [5, 5.41) is 8.37.